The van der Waals surface area contributed by atoms with Gasteiger partial charge in [0.25, 0.3) is 5.89 Å². The molecule has 2 amide bonds. The Kier molecular flexibility index (Phi) is 6.72. The number of ether oxygens (including phenoxy) is 1. The molecule has 8 heteroatoms. The number of unbranched alkanes of at least 4 members (excludes halogenated alkanes) is 2. The number of carbonyl (C=O) groups excluding carboxylic acids is 1. The van der Waals surface area contributed by atoms with Gasteiger partial charge in [0.05, 0.1) is 18.7 Å². The maximum Gasteiger partial charge on any atom is 0.322 e. The van der Waals surface area contributed by atoms with Crippen LogP contribution in [0.1, 0.15) is 50.6 Å². The van der Waals surface area contributed by atoms with Crippen LogP contribution < -0.4 is 10.1 Å². The zero-order valence-corrected chi connectivity index (χ0v) is 19.0. The van der Waals surface area contributed by atoms with E-state index in [1.165, 1.54) is 12.1 Å². The van der Waals surface area contributed by atoms with Crippen molar-refractivity contribution >= 4 is 11.6 Å². The number of carbonyl (C=O) groups is 1. The fourth-order valence-electron chi connectivity index (χ4n) is 3.94. The molecule has 0 spiro atoms. The van der Waals surface area contributed by atoms with Crippen LogP contribution in [-0.2, 0) is 0 Å². The number of benzene rings is 2. The summed E-state index contributed by atoms with van der Waals surface area (Å²) in [6.07, 6.45) is 2.96. The Morgan fingerprint density at radius 3 is 2.52 bits per heavy atom. The Morgan fingerprint density at radius 2 is 1.85 bits per heavy atom. The normalized spacial score (nSPS) is 16.2. The first-order valence-corrected chi connectivity index (χ1v) is 11.0. The van der Waals surface area contributed by atoms with E-state index >= 15 is 0 Å². The third kappa shape index (κ3) is 4.74. The number of hydrogen-bond acceptors (Lipinski definition) is 5. The lowest BCUT2D eigenvalue weighted by Crippen LogP contribution is -2.46. The highest BCUT2D eigenvalue weighted by atomic mass is 19.1. The maximum atomic E-state index is 13.6. The lowest BCUT2D eigenvalue weighted by molar-refractivity contribution is 0.204. The van der Waals surface area contributed by atoms with Crippen LogP contribution in [0.4, 0.5) is 9.18 Å². The number of methoxy groups -OCH3 is 1. The Morgan fingerprint density at radius 1 is 1.12 bits per heavy atom. The van der Waals surface area contributed by atoms with Crippen molar-refractivity contribution in [3.63, 3.8) is 0 Å². The van der Waals surface area contributed by atoms with Crippen LogP contribution in [0.5, 0.6) is 5.75 Å². The van der Waals surface area contributed by atoms with Gasteiger partial charge in [-0.25, -0.2) is 9.18 Å². The summed E-state index contributed by atoms with van der Waals surface area (Å²) in [6, 6.07) is 12.7. The zero-order valence-electron chi connectivity index (χ0n) is 19.0. The van der Waals surface area contributed by atoms with Crippen molar-refractivity contribution < 1.29 is 18.4 Å². The van der Waals surface area contributed by atoms with Gasteiger partial charge >= 0.3 is 6.03 Å². The first kappa shape index (κ1) is 22.5. The Bertz CT molecular complexity index is 1140. The van der Waals surface area contributed by atoms with Crippen LogP contribution in [0.3, 0.4) is 0 Å². The van der Waals surface area contributed by atoms with Gasteiger partial charge in [-0.15, -0.1) is 0 Å². The second-order valence-corrected chi connectivity index (χ2v) is 7.94. The zero-order chi connectivity index (χ0) is 23.4. The van der Waals surface area contributed by atoms with E-state index < -0.39 is 6.04 Å². The number of hydrogen-bond donors (Lipinski definition) is 1. The number of nitrogens with one attached hydrogen (secondary N) is 1. The van der Waals surface area contributed by atoms with Gasteiger partial charge in [-0.05, 0) is 55.3 Å². The fourth-order valence-corrected chi connectivity index (χ4v) is 3.94. The molecule has 3 aromatic rings. The molecule has 0 aliphatic carbocycles. The molecule has 2 aromatic carbocycles. The predicted octanol–water partition coefficient (Wildman–Crippen LogP) is 5.57. The molecule has 1 aromatic heterocycles. The van der Waals surface area contributed by atoms with Crippen LogP contribution in [0.2, 0.25) is 0 Å². The van der Waals surface area contributed by atoms with Crippen LogP contribution in [0, 0.1) is 5.82 Å². The summed E-state index contributed by atoms with van der Waals surface area (Å²) >= 11 is 0. The number of halogens is 1. The monoisotopic (exact) mass is 450 g/mol. The summed E-state index contributed by atoms with van der Waals surface area (Å²) in [7, 11) is 1.61. The molecule has 1 N–H and O–H groups in total. The predicted molar refractivity (Wildman–Crippen MR) is 123 cm³/mol. The van der Waals surface area contributed by atoms with E-state index in [1.54, 1.807) is 24.1 Å². The highest BCUT2D eigenvalue weighted by Crippen LogP contribution is 2.37. The number of allylic oxidation sites excluding steroid dienone is 1. The molecule has 1 atom stereocenters. The van der Waals surface area contributed by atoms with Crippen molar-refractivity contribution in [2.45, 2.75) is 39.2 Å². The lowest BCUT2D eigenvalue weighted by Gasteiger charge is -2.35. The topological polar surface area (TPSA) is 80.5 Å². The second kappa shape index (κ2) is 9.85. The second-order valence-electron chi connectivity index (χ2n) is 7.94. The first-order valence-electron chi connectivity index (χ1n) is 11.0. The van der Waals surface area contributed by atoms with E-state index in [0.717, 1.165) is 41.8 Å². The van der Waals surface area contributed by atoms with Crippen molar-refractivity contribution in [3.05, 3.63) is 71.5 Å². The number of rotatable bonds is 8. The van der Waals surface area contributed by atoms with E-state index in [2.05, 4.69) is 22.4 Å². The third-order valence-electron chi connectivity index (χ3n) is 5.79. The summed E-state index contributed by atoms with van der Waals surface area (Å²) in [5, 5.41) is 7.20. The molecule has 1 aliphatic rings. The average molecular weight is 451 g/mol. The average Bonchev–Trinajstić information content (AvgIpc) is 3.31. The van der Waals surface area contributed by atoms with Crippen LogP contribution >= 0.6 is 0 Å². The highest BCUT2D eigenvalue weighted by Gasteiger charge is 2.35. The highest BCUT2D eigenvalue weighted by molar-refractivity contribution is 5.86. The van der Waals surface area contributed by atoms with E-state index in [0.29, 0.717) is 23.8 Å². The Balaban J connectivity index is 1.74. The molecule has 33 heavy (non-hydrogen) atoms. The van der Waals surface area contributed by atoms with Crippen molar-refractivity contribution in [2.75, 3.05) is 13.7 Å². The minimum absolute atomic E-state index is 0.198. The summed E-state index contributed by atoms with van der Waals surface area (Å²) in [4.78, 5) is 19.3. The van der Waals surface area contributed by atoms with E-state index in [1.807, 2.05) is 31.2 Å². The molecule has 0 bridgehead atoms. The molecule has 1 unspecified atom stereocenters. The number of amides is 2. The van der Waals surface area contributed by atoms with E-state index in [-0.39, 0.29) is 11.8 Å². The largest absolute Gasteiger partial charge is 0.497 e. The molecule has 172 valence electrons. The minimum atomic E-state index is -0.537. The SMILES string of the molecule is CCCCCN1C(=O)NC(c2ccc(F)cc2)C(c2nc(-c3ccc(OC)cc3)no2)=C1C. The fraction of sp³-hybridized carbons (Fsp3) is 0.320. The molecular formula is C25H27FN4O3. The van der Waals surface area contributed by atoms with Crippen molar-refractivity contribution in [2.24, 2.45) is 0 Å². The minimum Gasteiger partial charge on any atom is -0.497 e. The molecular weight excluding hydrogens is 423 g/mol. The summed E-state index contributed by atoms with van der Waals surface area (Å²) in [6.45, 7) is 4.59. The molecule has 0 saturated carbocycles. The van der Waals surface area contributed by atoms with Crippen molar-refractivity contribution in [1.29, 1.82) is 0 Å². The quantitative estimate of drug-likeness (QED) is 0.454. The maximum absolute atomic E-state index is 13.6. The summed E-state index contributed by atoms with van der Waals surface area (Å²) in [5.41, 5.74) is 2.96. The van der Waals surface area contributed by atoms with Crippen molar-refractivity contribution in [1.82, 2.24) is 20.4 Å². The lowest BCUT2D eigenvalue weighted by atomic mass is 9.94. The van der Waals surface area contributed by atoms with Gasteiger partial charge in [0.15, 0.2) is 0 Å². The van der Waals surface area contributed by atoms with Crippen LogP contribution in [0.15, 0.2) is 58.8 Å². The van der Waals surface area contributed by atoms with Crippen LogP contribution in [0.25, 0.3) is 17.0 Å². The van der Waals surface area contributed by atoms with Gasteiger partial charge < -0.3 is 14.6 Å². The van der Waals surface area contributed by atoms with Crippen LogP contribution in [-0.4, -0.2) is 34.7 Å². The molecule has 2 heterocycles. The number of nitrogens with zero attached hydrogens (tertiary/aromatic N) is 3. The molecule has 0 saturated heterocycles. The summed E-state index contributed by atoms with van der Waals surface area (Å²) in [5.74, 6) is 1.13. The van der Waals surface area contributed by atoms with E-state index in [9.17, 15) is 9.18 Å². The standard InChI is InChI=1S/C25H27FN4O3/c1-4-5-6-15-30-16(2)21(22(27-25(30)31)17-7-11-19(26)12-8-17)24-28-23(29-33-24)18-9-13-20(32-3)14-10-18/h7-14,22H,4-6,15H2,1-3H3,(H,27,31). The molecule has 0 fully saturated rings. The Hall–Kier alpha value is -3.68. The van der Waals surface area contributed by atoms with Crippen molar-refractivity contribution in [3.8, 4) is 17.1 Å². The number of aromatic nitrogens is 2. The summed E-state index contributed by atoms with van der Waals surface area (Å²) < 4.78 is 24.4. The third-order valence-corrected chi connectivity index (χ3v) is 5.79. The first-order chi connectivity index (χ1) is 16.0. The van der Waals surface area contributed by atoms with Gasteiger partial charge in [0.2, 0.25) is 5.82 Å². The van der Waals surface area contributed by atoms with E-state index in [4.69, 9.17) is 9.26 Å². The van der Waals surface area contributed by atoms with Gasteiger partial charge in [-0.1, -0.05) is 37.1 Å². The molecule has 1 aliphatic heterocycles. The van der Waals surface area contributed by atoms with Gasteiger partial charge in [-0.3, -0.25) is 4.90 Å². The van der Waals surface area contributed by atoms with Gasteiger partial charge in [-0.2, -0.15) is 4.98 Å². The Labute approximate surface area is 192 Å². The smallest absolute Gasteiger partial charge is 0.322 e. The number of urea groups is 1. The van der Waals surface area contributed by atoms with Gasteiger partial charge in [0, 0.05) is 17.8 Å². The molecule has 7 nitrogen and oxygen atoms in total. The molecule has 4 rings (SSSR count). The van der Waals surface area contributed by atoms with Gasteiger partial charge in [0.1, 0.15) is 11.6 Å². The molecule has 0 radical (unpaired) electrons.